The maximum absolute atomic E-state index is 12.1. The molecule has 112 valence electrons. The van der Waals surface area contributed by atoms with Crippen molar-refractivity contribution in [1.29, 1.82) is 5.26 Å². The molecule has 0 saturated heterocycles. The SMILES string of the molecule is N#Cc1ccc(NC(=O)CS(=O)(=O)c2ccccc2)cc1Cl. The Morgan fingerprint density at radius 3 is 2.45 bits per heavy atom. The highest BCUT2D eigenvalue weighted by atomic mass is 35.5. The Balaban J connectivity index is 2.11. The summed E-state index contributed by atoms with van der Waals surface area (Å²) >= 11 is 5.85. The molecule has 0 aromatic heterocycles. The first kappa shape index (κ1) is 16.0. The second kappa shape index (κ2) is 6.60. The first-order chi connectivity index (χ1) is 10.4. The third-order valence-corrected chi connectivity index (χ3v) is 4.74. The minimum Gasteiger partial charge on any atom is -0.325 e. The van der Waals surface area contributed by atoms with E-state index in [9.17, 15) is 13.2 Å². The summed E-state index contributed by atoms with van der Waals surface area (Å²) in [5, 5.41) is 11.4. The molecule has 0 atom stereocenters. The zero-order chi connectivity index (χ0) is 16.2. The van der Waals surface area contributed by atoms with Crippen LogP contribution in [0.4, 0.5) is 5.69 Å². The van der Waals surface area contributed by atoms with Gasteiger partial charge in [-0.25, -0.2) is 8.42 Å². The zero-order valence-corrected chi connectivity index (χ0v) is 12.9. The predicted octanol–water partition coefficient (Wildman–Crippen LogP) is 2.62. The van der Waals surface area contributed by atoms with Gasteiger partial charge in [0.25, 0.3) is 0 Å². The highest BCUT2D eigenvalue weighted by Crippen LogP contribution is 2.20. The number of carbonyl (C=O) groups excluding carboxylic acids is 1. The summed E-state index contributed by atoms with van der Waals surface area (Å²) < 4.78 is 24.1. The fourth-order valence-corrected chi connectivity index (χ4v) is 3.14. The molecule has 0 aliphatic heterocycles. The van der Waals surface area contributed by atoms with Gasteiger partial charge < -0.3 is 5.32 Å². The van der Waals surface area contributed by atoms with Gasteiger partial charge in [-0.05, 0) is 30.3 Å². The van der Waals surface area contributed by atoms with Crippen LogP contribution < -0.4 is 5.32 Å². The maximum Gasteiger partial charge on any atom is 0.239 e. The summed E-state index contributed by atoms with van der Waals surface area (Å²) in [5.41, 5.74) is 0.605. The van der Waals surface area contributed by atoms with Crippen LogP contribution in [0.1, 0.15) is 5.56 Å². The number of halogens is 1. The van der Waals surface area contributed by atoms with Crippen molar-refractivity contribution < 1.29 is 13.2 Å². The molecule has 0 bridgehead atoms. The molecule has 0 saturated carbocycles. The van der Waals surface area contributed by atoms with Crippen molar-refractivity contribution in [3.8, 4) is 6.07 Å². The van der Waals surface area contributed by atoms with Crippen LogP contribution in [-0.2, 0) is 14.6 Å². The fourth-order valence-electron chi connectivity index (χ4n) is 1.76. The van der Waals surface area contributed by atoms with Crippen molar-refractivity contribution in [2.75, 3.05) is 11.1 Å². The van der Waals surface area contributed by atoms with Crippen molar-refractivity contribution in [3.05, 3.63) is 59.1 Å². The first-order valence-corrected chi connectivity index (χ1v) is 8.23. The number of hydrogen-bond donors (Lipinski definition) is 1. The maximum atomic E-state index is 12.1. The Kier molecular flexibility index (Phi) is 4.81. The molecule has 1 N–H and O–H groups in total. The van der Waals surface area contributed by atoms with Gasteiger partial charge in [0.15, 0.2) is 9.84 Å². The number of benzene rings is 2. The van der Waals surface area contributed by atoms with Crippen LogP contribution in [0.15, 0.2) is 53.4 Å². The van der Waals surface area contributed by atoms with Gasteiger partial charge >= 0.3 is 0 Å². The van der Waals surface area contributed by atoms with Crippen molar-refractivity contribution in [2.24, 2.45) is 0 Å². The van der Waals surface area contributed by atoms with Crippen LogP contribution in [0.25, 0.3) is 0 Å². The number of nitrogens with zero attached hydrogens (tertiary/aromatic N) is 1. The normalized spacial score (nSPS) is 10.7. The molecule has 1 amide bonds. The van der Waals surface area contributed by atoms with E-state index < -0.39 is 21.5 Å². The van der Waals surface area contributed by atoms with Gasteiger partial charge in [-0.2, -0.15) is 5.26 Å². The van der Waals surface area contributed by atoms with E-state index in [1.54, 1.807) is 18.2 Å². The Bertz CT molecular complexity index is 843. The average molecular weight is 335 g/mol. The molecule has 0 heterocycles. The van der Waals surface area contributed by atoms with E-state index >= 15 is 0 Å². The van der Waals surface area contributed by atoms with Gasteiger partial charge in [0.2, 0.25) is 5.91 Å². The third-order valence-electron chi connectivity index (χ3n) is 2.80. The predicted molar refractivity (Wildman–Crippen MR) is 83.3 cm³/mol. The highest BCUT2D eigenvalue weighted by molar-refractivity contribution is 7.92. The van der Waals surface area contributed by atoms with E-state index in [2.05, 4.69) is 5.32 Å². The van der Waals surface area contributed by atoms with E-state index in [4.69, 9.17) is 16.9 Å². The van der Waals surface area contributed by atoms with E-state index in [0.717, 1.165) is 0 Å². The lowest BCUT2D eigenvalue weighted by Gasteiger charge is -2.07. The zero-order valence-electron chi connectivity index (χ0n) is 11.3. The summed E-state index contributed by atoms with van der Waals surface area (Å²) in [6.45, 7) is 0. The fraction of sp³-hybridized carbons (Fsp3) is 0.0667. The number of anilines is 1. The standard InChI is InChI=1S/C15H11ClN2O3S/c16-14-8-12(7-6-11(14)9-17)18-15(19)10-22(20,21)13-4-2-1-3-5-13/h1-8H,10H2,(H,18,19). The van der Waals surface area contributed by atoms with Gasteiger partial charge in [0.1, 0.15) is 11.8 Å². The molecule has 2 rings (SSSR count). The largest absolute Gasteiger partial charge is 0.325 e. The van der Waals surface area contributed by atoms with Crippen LogP contribution in [0.5, 0.6) is 0 Å². The van der Waals surface area contributed by atoms with Crippen molar-refractivity contribution >= 4 is 33.0 Å². The molecule has 22 heavy (non-hydrogen) atoms. The molecule has 5 nitrogen and oxygen atoms in total. The van der Waals surface area contributed by atoms with Gasteiger partial charge in [-0.3, -0.25) is 4.79 Å². The lowest BCUT2D eigenvalue weighted by molar-refractivity contribution is -0.113. The van der Waals surface area contributed by atoms with Gasteiger partial charge in [0, 0.05) is 5.69 Å². The molecule has 0 unspecified atom stereocenters. The summed E-state index contributed by atoms with van der Waals surface area (Å²) in [5.74, 6) is -1.35. The average Bonchev–Trinajstić information content (AvgIpc) is 2.47. The number of sulfone groups is 1. The van der Waals surface area contributed by atoms with Crippen LogP contribution in [0.2, 0.25) is 5.02 Å². The number of hydrogen-bond acceptors (Lipinski definition) is 4. The first-order valence-electron chi connectivity index (χ1n) is 6.20. The van der Waals surface area contributed by atoms with E-state index in [0.29, 0.717) is 5.69 Å². The van der Waals surface area contributed by atoms with Crippen LogP contribution in [-0.4, -0.2) is 20.1 Å². The van der Waals surface area contributed by atoms with Crippen molar-refractivity contribution in [1.82, 2.24) is 0 Å². The Morgan fingerprint density at radius 1 is 1.18 bits per heavy atom. The minimum absolute atomic E-state index is 0.0861. The second-order valence-electron chi connectivity index (χ2n) is 4.43. The second-order valence-corrected chi connectivity index (χ2v) is 6.82. The molecule has 0 fully saturated rings. The monoisotopic (exact) mass is 334 g/mol. The van der Waals surface area contributed by atoms with E-state index in [1.165, 1.54) is 30.3 Å². The minimum atomic E-state index is -3.70. The van der Waals surface area contributed by atoms with Gasteiger partial charge in [-0.15, -0.1) is 0 Å². The van der Waals surface area contributed by atoms with Gasteiger partial charge in [-0.1, -0.05) is 29.8 Å². The Hall–Kier alpha value is -2.36. The molecular formula is C15H11ClN2O3S. The number of nitrogens with one attached hydrogen (secondary N) is 1. The van der Waals surface area contributed by atoms with Crippen LogP contribution in [0, 0.1) is 11.3 Å². The van der Waals surface area contributed by atoms with Gasteiger partial charge in [0.05, 0.1) is 15.5 Å². The molecule has 0 spiro atoms. The van der Waals surface area contributed by atoms with E-state index in [1.807, 2.05) is 6.07 Å². The van der Waals surface area contributed by atoms with Crippen LogP contribution >= 0.6 is 11.6 Å². The molecule has 0 aliphatic rings. The smallest absolute Gasteiger partial charge is 0.239 e. The molecular weight excluding hydrogens is 324 g/mol. The van der Waals surface area contributed by atoms with Crippen LogP contribution in [0.3, 0.4) is 0 Å². The third kappa shape index (κ3) is 3.85. The Morgan fingerprint density at radius 2 is 1.86 bits per heavy atom. The number of amides is 1. The number of nitriles is 1. The number of carbonyl (C=O) groups is 1. The molecule has 7 heteroatoms. The highest BCUT2D eigenvalue weighted by Gasteiger charge is 2.19. The summed E-state index contributed by atoms with van der Waals surface area (Å²) in [7, 11) is -3.70. The Labute approximate surface area is 133 Å². The van der Waals surface area contributed by atoms with Crippen molar-refractivity contribution in [2.45, 2.75) is 4.90 Å². The summed E-state index contributed by atoms with van der Waals surface area (Å²) in [4.78, 5) is 12.0. The number of rotatable bonds is 4. The van der Waals surface area contributed by atoms with E-state index in [-0.39, 0.29) is 15.5 Å². The topological polar surface area (TPSA) is 87.0 Å². The molecule has 0 aliphatic carbocycles. The lowest BCUT2D eigenvalue weighted by Crippen LogP contribution is -2.23. The quantitative estimate of drug-likeness (QED) is 0.931. The summed E-state index contributed by atoms with van der Waals surface area (Å²) in [6.07, 6.45) is 0. The lowest BCUT2D eigenvalue weighted by atomic mass is 10.2. The van der Waals surface area contributed by atoms with Crippen molar-refractivity contribution in [3.63, 3.8) is 0 Å². The molecule has 2 aromatic rings. The molecule has 2 aromatic carbocycles. The summed E-state index contributed by atoms with van der Waals surface area (Å²) in [6, 6.07) is 14.0. The molecule has 0 radical (unpaired) electrons.